The van der Waals surface area contributed by atoms with Gasteiger partial charge in [-0.2, -0.15) is 4.31 Å². The largest absolute Gasteiger partial charge is 0.327 e. The maximum Gasteiger partial charge on any atom is 0.244 e. The van der Waals surface area contributed by atoms with E-state index in [0.29, 0.717) is 22.6 Å². The maximum absolute atomic E-state index is 12.5. The monoisotopic (exact) mass is 352 g/mol. The molecule has 18 heavy (non-hydrogen) atoms. The molecule has 0 aromatic heterocycles. The Morgan fingerprint density at radius 3 is 2.83 bits per heavy atom. The molecule has 100 valence electrons. The Labute approximate surface area is 120 Å². The molecule has 1 atom stereocenters. The average molecular weight is 354 g/mol. The normalized spacial score (nSPS) is 22.1. The van der Waals surface area contributed by atoms with Crippen LogP contribution in [0.2, 0.25) is 5.02 Å². The van der Waals surface area contributed by atoms with Gasteiger partial charge in [-0.05, 0) is 40.9 Å². The highest BCUT2D eigenvalue weighted by molar-refractivity contribution is 9.10. The van der Waals surface area contributed by atoms with Gasteiger partial charge in [-0.3, -0.25) is 0 Å². The smallest absolute Gasteiger partial charge is 0.244 e. The fourth-order valence-corrected chi connectivity index (χ4v) is 4.75. The maximum atomic E-state index is 12.5. The molecule has 4 nitrogen and oxygen atoms in total. The lowest BCUT2D eigenvalue weighted by molar-refractivity contribution is 0.316. The fraction of sp³-hybridized carbons (Fsp3) is 0.455. The van der Waals surface area contributed by atoms with Gasteiger partial charge in [0.05, 0.1) is 14.4 Å². The van der Waals surface area contributed by atoms with Crippen LogP contribution in [0.15, 0.2) is 27.6 Å². The molecule has 0 saturated carbocycles. The molecule has 1 saturated heterocycles. The number of nitrogens with two attached hydrogens (primary N) is 1. The van der Waals surface area contributed by atoms with Crippen LogP contribution in [0.3, 0.4) is 0 Å². The number of rotatable bonds is 2. The van der Waals surface area contributed by atoms with Crippen molar-refractivity contribution >= 4 is 37.6 Å². The van der Waals surface area contributed by atoms with Crippen molar-refractivity contribution in [2.24, 2.45) is 5.73 Å². The van der Waals surface area contributed by atoms with Crippen molar-refractivity contribution in [1.29, 1.82) is 0 Å². The molecule has 2 N–H and O–H groups in total. The third-order valence-corrected chi connectivity index (χ3v) is 6.52. The lowest BCUT2D eigenvalue weighted by atomic mass is 10.1. The van der Waals surface area contributed by atoms with E-state index in [4.69, 9.17) is 17.3 Å². The van der Waals surface area contributed by atoms with E-state index in [1.807, 2.05) is 0 Å². The molecule has 1 heterocycles. The topological polar surface area (TPSA) is 63.4 Å². The summed E-state index contributed by atoms with van der Waals surface area (Å²) < 4.78 is 26.8. The zero-order chi connectivity index (χ0) is 13.3. The third-order valence-electron chi connectivity index (χ3n) is 2.95. The number of benzene rings is 1. The molecule has 7 heteroatoms. The van der Waals surface area contributed by atoms with Gasteiger partial charge in [0.2, 0.25) is 10.0 Å². The highest BCUT2D eigenvalue weighted by Gasteiger charge is 2.30. The van der Waals surface area contributed by atoms with E-state index in [2.05, 4.69) is 15.9 Å². The minimum absolute atomic E-state index is 0.0912. The Kier molecular flexibility index (Phi) is 4.33. The minimum atomic E-state index is -3.53. The van der Waals surface area contributed by atoms with Gasteiger partial charge >= 0.3 is 0 Å². The Bertz CT molecular complexity index is 550. The fourth-order valence-electron chi connectivity index (χ4n) is 2.01. The number of nitrogens with zero attached hydrogens (tertiary/aromatic N) is 1. The van der Waals surface area contributed by atoms with Crippen LogP contribution < -0.4 is 5.73 Å². The Balaban J connectivity index is 2.39. The number of halogens is 2. The van der Waals surface area contributed by atoms with E-state index in [9.17, 15) is 8.42 Å². The second kappa shape index (κ2) is 5.46. The molecule has 1 aromatic carbocycles. The van der Waals surface area contributed by atoms with Gasteiger partial charge in [-0.1, -0.05) is 17.7 Å². The average Bonchev–Trinajstić information content (AvgIpc) is 2.32. The van der Waals surface area contributed by atoms with Gasteiger partial charge in [-0.15, -0.1) is 0 Å². The first kappa shape index (κ1) is 14.3. The first-order valence-corrected chi connectivity index (χ1v) is 8.24. The molecule has 0 amide bonds. The van der Waals surface area contributed by atoms with Gasteiger partial charge in [0.15, 0.2) is 0 Å². The van der Waals surface area contributed by atoms with Crippen LogP contribution >= 0.6 is 27.5 Å². The molecule has 1 fully saturated rings. The van der Waals surface area contributed by atoms with Crippen LogP contribution in [0.4, 0.5) is 0 Å². The summed E-state index contributed by atoms with van der Waals surface area (Å²) in [6.45, 7) is 0.871. The number of sulfonamides is 1. The Morgan fingerprint density at radius 1 is 1.44 bits per heavy atom. The molecule has 1 unspecified atom stereocenters. The summed E-state index contributed by atoms with van der Waals surface area (Å²) in [5.74, 6) is 0. The van der Waals surface area contributed by atoms with Crippen LogP contribution in [-0.2, 0) is 10.0 Å². The molecule has 0 spiro atoms. The van der Waals surface area contributed by atoms with Crippen molar-refractivity contribution in [3.05, 3.63) is 27.7 Å². The highest BCUT2D eigenvalue weighted by atomic mass is 79.9. The molecule has 1 aliphatic rings. The summed E-state index contributed by atoms with van der Waals surface area (Å²) in [5.41, 5.74) is 5.82. The van der Waals surface area contributed by atoms with Crippen molar-refractivity contribution in [2.75, 3.05) is 13.1 Å². The molecule has 0 aliphatic carbocycles. The summed E-state index contributed by atoms with van der Waals surface area (Å²) in [4.78, 5) is 0.198. The molecule has 0 bridgehead atoms. The van der Waals surface area contributed by atoms with Gasteiger partial charge < -0.3 is 5.73 Å². The molecule has 1 aliphatic heterocycles. The van der Waals surface area contributed by atoms with Crippen molar-refractivity contribution in [2.45, 2.75) is 23.8 Å². The van der Waals surface area contributed by atoms with Crippen LogP contribution in [0, 0.1) is 0 Å². The van der Waals surface area contributed by atoms with Gasteiger partial charge in [-0.25, -0.2) is 8.42 Å². The quantitative estimate of drug-likeness (QED) is 0.886. The molecular formula is C11H14BrClN2O2S. The first-order chi connectivity index (χ1) is 8.43. The van der Waals surface area contributed by atoms with E-state index in [0.717, 1.165) is 12.8 Å². The van der Waals surface area contributed by atoms with Crippen molar-refractivity contribution in [1.82, 2.24) is 4.31 Å². The third kappa shape index (κ3) is 2.72. The standard InChI is InChI=1S/C11H14BrClN2O2S/c12-11-9(13)4-1-5-10(11)18(16,17)15-6-2-3-8(14)7-15/h1,4-5,8H,2-3,6-7,14H2. The summed E-state index contributed by atoms with van der Waals surface area (Å²) in [5, 5.41) is 0.386. The zero-order valence-electron chi connectivity index (χ0n) is 9.64. The van der Waals surface area contributed by atoms with Crippen molar-refractivity contribution in [3.8, 4) is 0 Å². The summed E-state index contributed by atoms with van der Waals surface area (Å²) in [7, 11) is -3.53. The lowest BCUT2D eigenvalue weighted by Crippen LogP contribution is -2.45. The van der Waals surface area contributed by atoms with Gasteiger partial charge in [0.1, 0.15) is 0 Å². The molecule has 0 radical (unpaired) electrons. The second-order valence-corrected chi connectivity index (χ2v) is 7.42. The summed E-state index contributed by atoms with van der Waals surface area (Å²) in [6, 6.07) is 4.73. The second-order valence-electron chi connectivity index (χ2n) is 4.32. The van der Waals surface area contributed by atoms with E-state index in [1.165, 1.54) is 4.31 Å². The van der Waals surface area contributed by atoms with Crippen molar-refractivity contribution < 1.29 is 8.42 Å². The van der Waals surface area contributed by atoms with Crippen molar-refractivity contribution in [3.63, 3.8) is 0 Å². The van der Waals surface area contributed by atoms with Crippen LogP contribution in [0.1, 0.15) is 12.8 Å². The van der Waals surface area contributed by atoms with E-state index in [1.54, 1.807) is 18.2 Å². The Hall–Kier alpha value is -0.140. The number of hydrogen-bond donors (Lipinski definition) is 1. The van der Waals surface area contributed by atoms with E-state index < -0.39 is 10.0 Å². The number of piperidine rings is 1. The molecular weight excluding hydrogens is 340 g/mol. The predicted octanol–water partition coefficient (Wildman–Crippen LogP) is 2.21. The zero-order valence-corrected chi connectivity index (χ0v) is 12.8. The van der Waals surface area contributed by atoms with Gasteiger partial charge in [0, 0.05) is 19.1 Å². The van der Waals surface area contributed by atoms with E-state index >= 15 is 0 Å². The summed E-state index contributed by atoms with van der Waals surface area (Å²) in [6.07, 6.45) is 1.65. The van der Waals surface area contributed by atoms with E-state index in [-0.39, 0.29) is 10.9 Å². The molecule has 2 rings (SSSR count). The lowest BCUT2D eigenvalue weighted by Gasteiger charge is -2.30. The van der Waals surface area contributed by atoms with Crippen LogP contribution in [0.5, 0.6) is 0 Å². The predicted molar refractivity (Wildman–Crippen MR) is 75.1 cm³/mol. The summed E-state index contributed by atoms with van der Waals surface area (Å²) >= 11 is 9.16. The SMILES string of the molecule is NC1CCCN(S(=O)(=O)c2cccc(Cl)c2Br)C1. The highest BCUT2D eigenvalue weighted by Crippen LogP contribution is 2.32. The van der Waals surface area contributed by atoms with Gasteiger partial charge in [0.25, 0.3) is 0 Å². The Morgan fingerprint density at radius 2 is 2.17 bits per heavy atom. The van der Waals surface area contributed by atoms with Crippen LogP contribution in [0.25, 0.3) is 0 Å². The minimum Gasteiger partial charge on any atom is -0.327 e. The molecule has 1 aromatic rings. The first-order valence-electron chi connectivity index (χ1n) is 5.62. The van der Waals surface area contributed by atoms with Crippen LogP contribution in [-0.4, -0.2) is 31.9 Å². The number of hydrogen-bond acceptors (Lipinski definition) is 3.